The van der Waals surface area contributed by atoms with Crippen LogP contribution in [-0.4, -0.2) is 17.6 Å². The number of nitrogens with zero attached hydrogens (tertiary/aromatic N) is 2. The van der Waals surface area contributed by atoms with Crippen LogP contribution in [0.3, 0.4) is 0 Å². The zero-order valence-corrected chi connectivity index (χ0v) is 14.6. The lowest BCUT2D eigenvalue weighted by Crippen LogP contribution is -2.35. The predicted molar refractivity (Wildman–Crippen MR) is 92.3 cm³/mol. The molecule has 21 heavy (non-hydrogen) atoms. The van der Waals surface area contributed by atoms with Crippen molar-refractivity contribution in [2.45, 2.75) is 39.4 Å². The molecule has 114 valence electrons. The van der Waals surface area contributed by atoms with E-state index in [0.717, 1.165) is 24.5 Å². The molecule has 0 spiro atoms. The Bertz CT molecular complexity index is 576. The van der Waals surface area contributed by atoms with Gasteiger partial charge >= 0.3 is 0 Å². The van der Waals surface area contributed by atoms with Gasteiger partial charge in [0.15, 0.2) is 0 Å². The summed E-state index contributed by atoms with van der Waals surface area (Å²) in [6, 6.07) is 4.20. The molecule has 0 aliphatic rings. The van der Waals surface area contributed by atoms with Crippen LogP contribution < -0.4 is 10.2 Å². The minimum atomic E-state index is 0.0648. The van der Waals surface area contributed by atoms with Gasteiger partial charge in [-0.05, 0) is 54.8 Å². The van der Waals surface area contributed by atoms with Crippen LogP contribution in [0.25, 0.3) is 0 Å². The summed E-state index contributed by atoms with van der Waals surface area (Å²) in [7, 11) is 2.05. The average molecular weight is 324 g/mol. The lowest BCUT2D eigenvalue weighted by atomic mass is 10.1. The van der Waals surface area contributed by atoms with Crippen LogP contribution in [0.5, 0.6) is 0 Å². The summed E-state index contributed by atoms with van der Waals surface area (Å²) < 4.78 is 0. The minimum Gasteiger partial charge on any atom is -0.355 e. The molecular formula is C16H22ClN3S. The molecule has 2 aromatic rings. The third kappa shape index (κ3) is 4.99. The van der Waals surface area contributed by atoms with Gasteiger partial charge in [-0.25, -0.2) is 4.98 Å². The van der Waals surface area contributed by atoms with Gasteiger partial charge in [0, 0.05) is 31.9 Å². The van der Waals surface area contributed by atoms with Crippen molar-refractivity contribution < 1.29 is 0 Å². The van der Waals surface area contributed by atoms with E-state index in [1.54, 1.807) is 17.5 Å². The number of anilines is 1. The van der Waals surface area contributed by atoms with Gasteiger partial charge in [-0.3, -0.25) is 0 Å². The van der Waals surface area contributed by atoms with Gasteiger partial charge in [-0.2, -0.15) is 11.3 Å². The summed E-state index contributed by atoms with van der Waals surface area (Å²) >= 11 is 7.97. The number of rotatable bonds is 5. The van der Waals surface area contributed by atoms with Crippen molar-refractivity contribution in [2.75, 3.05) is 11.9 Å². The van der Waals surface area contributed by atoms with Crippen LogP contribution >= 0.6 is 22.9 Å². The Kier molecular flexibility index (Phi) is 5.25. The predicted octanol–water partition coefficient (Wildman–Crippen LogP) is 4.32. The van der Waals surface area contributed by atoms with Crippen molar-refractivity contribution in [1.29, 1.82) is 0 Å². The van der Waals surface area contributed by atoms with E-state index in [1.165, 1.54) is 5.56 Å². The summed E-state index contributed by atoms with van der Waals surface area (Å²) in [5.41, 5.74) is 2.44. The SMILES string of the molecule is CN(Cc1ccsc1)c1cc(CNC(C)(C)C)c(Cl)cn1. The van der Waals surface area contributed by atoms with Crippen LogP contribution in [0.1, 0.15) is 31.9 Å². The molecule has 0 bridgehead atoms. The van der Waals surface area contributed by atoms with Crippen molar-refractivity contribution in [3.05, 3.63) is 45.2 Å². The summed E-state index contributed by atoms with van der Waals surface area (Å²) in [6.07, 6.45) is 1.74. The maximum atomic E-state index is 6.25. The molecule has 3 nitrogen and oxygen atoms in total. The van der Waals surface area contributed by atoms with E-state index in [4.69, 9.17) is 11.6 Å². The number of pyridine rings is 1. The Morgan fingerprint density at radius 1 is 1.38 bits per heavy atom. The van der Waals surface area contributed by atoms with Crippen molar-refractivity contribution in [1.82, 2.24) is 10.3 Å². The number of thiophene rings is 1. The van der Waals surface area contributed by atoms with Gasteiger partial charge in [0.1, 0.15) is 5.82 Å². The fourth-order valence-electron chi connectivity index (χ4n) is 1.91. The van der Waals surface area contributed by atoms with Crippen LogP contribution in [0.4, 0.5) is 5.82 Å². The first-order valence-electron chi connectivity index (χ1n) is 6.97. The molecule has 2 aromatic heterocycles. The third-order valence-corrected chi connectivity index (χ3v) is 4.19. The molecule has 0 saturated carbocycles. The summed E-state index contributed by atoms with van der Waals surface area (Å²) in [4.78, 5) is 6.57. The Balaban J connectivity index is 2.10. The minimum absolute atomic E-state index is 0.0648. The molecule has 0 saturated heterocycles. The normalized spacial score (nSPS) is 11.7. The molecule has 0 amide bonds. The smallest absolute Gasteiger partial charge is 0.128 e. The van der Waals surface area contributed by atoms with E-state index >= 15 is 0 Å². The van der Waals surface area contributed by atoms with Crippen LogP contribution in [0.2, 0.25) is 5.02 Å². The maximum Gasteiger partial charge on any atom is 0.128 e. The standard InChI is InChI=1S/C16H22ClN3S/c1-16(2,3)19-8-13-7-15(18-9-14(13)17)20(4)10-12-5-6-21-11-12/h5-7,9,11,19H,8,10H2,1-4H3. The molecule has 0 atom stereocenters. The van der Waals surface area contributed by atoms with E-state index in [1.807, 2.05) is 0 Å². The monoisotopic (exact) mass is 323 g/mol. The number of hydrogen-bond donors (Lipinski definition) is 1. The van der Waals surface area contributed by atoms with Gasteiger partial charge in [0.2, 0.25) is 0 Å². The van der Waals surface area contributed by atoms with E-state index in [0.29, 0.717) is 5.02 Å². The number of hydrogen-bond acceptors (Lipinski definition) is 4. The second kappa shape index (κ2) is 6.77. The highest BCUT2D eigenvalue weighted by atomic mass is 35.5. The van der Waals surface area contributed by atoms with E-state index in [-0.39, 0.29) is 5.54 Å². The van der Waals surface area contributed by atoms with Crippen LogP contribution in [0.15, 0.2) is 29.1 Å². The highest BCUT2D eigenvalue weighted by Crippen LogP contribution is 2.22. The Morgan fingerprint density at radius 2 is 2.14 bits per heavy atom. The Morgan fingerprint density at radius 3 is 2.76 bits per heavy atom. The number of nitrogens with one attached hydrogen (secondary N) is 1. The summed E-state index contributed by atoms with van der Waals surface area (Å²) in [6.45, 7) is 8.03. The molecule has 2 rings (SSSR count). The number of halogens is 1. The second-order valence-corrected chi connectivity index (χ2v) is 7.41. The molecule has 0 aromatic carbocycles. The lowest BCUT2D eigenvalue weighted by Gasteiger charge is -2.22. The van der Waals surface area contributed by atoms with Crippen molar-refractivity contribution in [2.24, 2.45) is 0 Å². The lowest BCUT2D eigenvalue weighted by molar-refractivity contribution is 0.424. The first-order chi connectivity index (χ1) is 9.85. The molecule has 0 aliphatic carbocycles. The van der Waals surface area contributed by atoms with E-state index in [9.17, 15) is 0 Å². The Hall–Kier alpha value is -1.10. The van der Waals surface area contributed by atoms with Gasteiger partial charge in [-0.15, -0.1) is 0 Å². The summed E-state index contributed by atoms with van der Waals surface area (Å²) in [5, 5.41) is 8.43. The zero-order chi connectivity index (χ0) is 15.5. The fraction of sp³-hybridized carbons (Fsp3) is 0.438. The van der Waals surface area contributed by atoms with Crippen LogP contribution in [-0.2, 0) is 13.1 Å². The van der Waals surface area contributed by atoms with E-state index in [2.05, 4.69) is 65.9 Å². The third-order valence-electron chi connectivity index (χ3n) is 3.12. The largest absolute Gasteiger partial charge is 0.355 e. The molecule has 1 N–H and O–H groups in total. The second-order valence-electron chi connectivity index (χ2n) is 6.23. The van der Waals surface area contributed by atoms with Gasteiger partial charge in [0.05, 0.1) is 5.02 Å². The highest BCUT2D eigenvalue weighted by molar-refractivity contribution is 7.07. The first-order valence-corrected chi connectivity index (χ1v) is 8.29. The van der Waals surface area contributed by atoms with Crippen molar-refractivity contribution in [3.63, 3.8) is 0 Å². The molecular weight excluding hydrogens is 302 g/mol. The van der Waals surface area contributed by atoms with Crippen molar-refractivity contribution >= 4 is 28.8 Å². The van der Waals surface area contributed by atoms with Gasteiger partial charge in [0.25, 0.3) is 0 Å². The Labute approximate surface area is 136 Å². The van der Waals surface area contributed by atoms with Gasteiger partial charge in [-0.1, -0.05) is 11.6 Å². The van der Waals surface area contributed by atoms with Gasteiger partial charge < -0.3 is 10.2 Å². The topological polar surface area (TPSA) is 28.2 Å². The highest BCUT2D eigenvalue weighted by Gasteiger charge is 2.12. The average Bonchev–Trinajstić information content (AvgIpc) is 2.89. The molecule has 0 fully saturated rings. The molecule has 0 radical (unpaired) electrons. The molecule has 2 heterocycles. The maximum absolute atomic E-state index is 6.25. The number of aromatic nitrogens is 1. The summed E-state index contributed by atoms with van der Waals surface area (Å²) in [5.74, 6) is 0.941. The fourth-order valence-corrected chi connectivity index (χ4v) is 2.74. The quantitative estimate of drug-likeness (QED) is 0.888. The molecule has 5 heteroatoms. The van der Waals surface area contributed by atoms with Crippen molar-refractivity contribution in [3.8, 4) is 0 Å². The zero-order valence-electron chi connectivity index (χ0n) is 13.0. The molecule has 0 unspecified atom stereocenters. The van der Waals surface area contributed by atoms with E-state index < -0.39 is 0 Å². The molecule has 0 aliphatic heterocycles. The first kappa shape index (κ1) is 16.3. The van der Waals surface area contributed by atoms with Crippen LogP contribution in [0, 0.1) is 0 Å².